The van der Waals surface area contributed by atoms with Crippen LogP contribution in [0.15, 0.2) is 72.8 Å². The topological polar surface area (TPSA) is 49.9 Å². The van der Waals surface area contributed by atoms with Crippen molar-refractivity contribution in [3.05, 3.63) is 83.9 Å². The summed E-state index contributed by atoms with van der Waals surface area (Å²) in [7, 11) is 0. The summed E-state index contributed by atoms with van der Waals surface area (Å²) in [5, 5.41) is 0. The van der Waals surface area contributed by atoms with Crippen LogP contribution in [0.4, 0.5) is 0 Å². The van der Waals surface area contributed by atoms with Crippen molar-refractivity contribution in [2.45, 2.75) is 59.0 Å². The Hall–Kier alpha value is -2.92. The minimum atomic E-state index is 0.00598. The van der Waals surface area contributed by atoms with E-state index in [9.17, 15) is 9.59 Å². The van der Waals surface area contributed by atoms with E-state index < -0.39 is 0 Å². The van der Waals surface area contributed by atoms with Crippen molar-refractivity contribution in [1.29, 1.82) is 0 Å². The van der Waals surface area contributed by atoms with Gasteiger partial charge in [0.2, 0.25) is 11.8 Å². The number of carbonyl (C=O) groups is 2. The normalized spacial score (nSPS) is 10.6. The van der Waals surface area contributed by atoms with Crippen LogP contribution < -0.4 is 0 Å². The third-order valence-corrected chi connectivity index (χ3v) is 5.67. The largest absolute Gasteiger partial charge is 0.381 e. The fraction of sp³-hybridized carbons (Fsp3) is 0.448. The maximum atomic E-state index is 12.5. The molecule has 2 amide bonds. The first-order valence-corrected chi connectivity index (χ1v) is 12.4. The Bertz CT molecular complexity index is 867. The molecule has 5 nitrogen and oxygen atoms in total. The van der Waals surface area contributed by atoms with E-state index >= 15 is 0 Å². The third kappa shape index (κ3) is 10.3. The van der Waals surface area contributed by atoms with Crippen molar-refractivity contribution in [3.63, 3.8) is 0 Å². The molecule has 0 radical (unpaired) electrons. The van der Waals surface area contributed by atoms with E-state index in [1.165, 1.54) is 0 Å². The van der Waals surface area contributed by atoms with Crippen LogP contribution in [0.5, 0.6) is 0 Å². The zero-order chi connectivity index (χ0) is 24.6. The fourth-order valence-corrected chi connectivity index (χ4v) is 3.76. The lowest BCUT2D eigenvalue weighted by molar-refractivity contribution is -0.131. The fourth-order valence-electron chi connectivity index (χ4n) is 3.76. The van der Waals surface area contributed by atoms with Crippen molar-refractivity contribution >= 4 is 11.8 Å². The quantitative estimate of drug-likeness (QED) is 0.240. The van der Waals surface area contributed by atoms with Crippen molar-refractivity contribution in [2.75, 3.05) is 26.3 Å². The Morgan fingerprint density at radius 2 is 1.24 bits per heavy atom. The maximum absolute atomic E-state index is 12.5. The van der Waals surface area contributed by atoms with E-state index in [0.29, 0.717) is 44.8 Å². The molecule has 0 atom stereocenters. The lowest BCUT2D eigenvalue weighted by Gasteiger charge is -2.23. The number of hydrogen-bond donors (Lipinski definition) is 0. The van der Waals surface area contributed by atoms with Crippen LogP contribution in [-0.2, 0) is 27.4 Å². The molecule has 0 saturated heterocycles. The second-order valence-corrected chi connectivity index (χ2v) is 8.67. The van der Waals surface area contributed by atoms with Crippen LogP contribution in [0.3, 0.4) is 0 Å². The summed E-state index contributed by atoms with van der Waals surface area (Å²) in [6.07, 6.45) is 4.18. The summed E-state index contributed by atoms with van der Waals surface area (Å²) in [4.78, 5) is 28.6. The van der Waals surface area contributed by atoms with Gasteiger partial charge in [-0.1, -0.05) is 74.2 Å². The van der Waals surface area contributed by atoms with E-state index in [4.69, 9.17) is 4.74 Å². The highest BCUT2D eigenvalue weighted by molar-refractivity contribution is 5.92. The molecule has 2 aromatic carbocycles. The first kappa shape index (κ1) is 27.3. The van der Waals surface area contributed by atoms with E-state index in [1.54, 1.807) is 6.92 Å². The molecule has 0 fully saturated rings. The summed E-state index contributed by atoms with van der Waals surface area (Å²) in [5.74, 6) is 0.195. The molecule has 0 spiro atoms. The number of nitrogens with zero attached hydrogens (tertiary/aromatic N) is 2. The minimum Gasteiger partial charge on any atom is -0.381 e. The molecule has 0 aliphatic rings. The number of amides is 2. The summed E-state index contributed by atoms with van der Waals surface area (Å²) >= 11 is 0. The SMILES string of the molecule is C=C(C)C(=O)N(CCCCOCCCCN(Cc1ccccc1)C(=O)CC)Cc1ccccc1. The zero-order valence-corrected chi connectivity index (χ0v) is 20.9. The predicted molar refractivity (Wildman–Crippen MR) is 138 cm³/mol. The van der Waals surface area contributed by atoms with Gasteiger partial charge in [0, 0.05) is 51.4 Å². The number of carbonyl (C=O) groups excluding carboxylic acids is 2. The van der Waals surface area contributed by atoms with Gasteiger partial charge in [-0.25, -0.2) is 0 Å². The molecule has 0 aliphatic heterocycles. The van der Waals surface area contributed by atoms with Gasteiger partial charge < -0.3 is 14.5 Å². The number of ether oxygens (including phenoxy) is 1. The molecular weight excluding hydrogens is 424 g/mol. The highest BCUT2D eigenvalue weighted by Crippen LogP contribution is 2.10. The Labute approximate surface area is 205 Å². The van der Waals surface area contributed by atoms with Gasteiger partial charge >= 0.3 is 0 Å². The molecule has 0 heterocycles. The van der Waals surface area contributed by atoms with Gasteiger partial charge in [-0.3, -0.25) is 9.59 Å². The molecule has 0 bridgehead atoms. The first-order chi connectivity index (χ1) is 16.5. The minimum absolute atomic E-state index is 0.00598. The monoisotopic (exact) mass is 464 g/mol. The highest BCUT2D eigenvalue weighted by atomic mass is 16.5. The Kier molecular flexibility index (Phi) is 12.7. The maximum Gasteiger partial charge on any atom is 0.249 e. The van der Waals surface area contributed by atoms with Gasteiger partial charge in [-0.05, 0) is 43.7 Å². The molecule has 0 saturated carbocycles. The van der Waals surface area contributed by atoms with Crippen LogP contribution in [0, 0.1) is 0 Å². The summed E-state index contributed by atoms with van der Waals surface area (Å²) < 4.78 is 5.80. The van der Waals surface area contributed by atoms with E-state index in [0.717, 1.165) is 43.4 Å². The zero-order valence-electron chi connectivity index (χ0n) is 20.9. The number of benzene rings is 2. The van der Waals surface area contributed by atoms with Gasteiger partial charge in [0.15, 0.2) is 0 Å². The number of rotatable bonds is 16. The molecular formula is C29H40N2O3. The van der Waals surface area contributed by atoms with Gasteiger partial charge in [0.05, 0.1) is 0 Å². The Balaban J connectivity index is 1.62. The molecule has 0 N–H and O–H groups in total. The third-order valence-electron chi connectivity index (χ3n) is 5.67. The second kappa shape index (κ2) is 15.8. The highest BCUT2D eigenvalue weighted by Gasteiger charge is 2.14. The van der Waals surface area contributed by atoms with Gasteiger partial charge in [-0.15, -0.1) is 0 Å². The molecule has 5 heteroatoms. The molecule has 0 unspecified atom stereocenters. The van der Waals surface area contributed by atoms with Crippen molar-refractivity contribution in [3.8, 4) is 0 Å². The lowest BCUT2D eigenvalue weighted by atomic mass is 10.2. The molecule has 0 aliphatic carbocycles. The second-order valence-electron chi connectivity index (χ2n) is 8.67. The van der Waals surface area contributed by atoms with Gasteiger partial charge in [0.25, 0.3) is 0 Å². The molecule has 2 rings (SSSR count). The van der Waals surface area contributed by atoms with Crippen LogP contribution in [0.2, 0.25) is 0 Å². The van der Waals surface area contributed by atoms with Crippen LogP contribution >= 0.6 is 0 Å². The molecule has 34 heavy (non-hydrogen) atoms. The summed E-state index contributed by atoms with van der Waals surface area (Å²) in [6, 6.07) is 20.2. The number of unbranched alkanes of at least 4 members (excludes halogenated alkanes) is 2. The summed E-state index contributed by atoms with van der Waals surface area (Å²) in [5.41, 5.74) is 2.85. The molecule has 0 aromatic heterocycles. The van der Waals surface area contributed by atoms with Crippen LogP contribution in [-0.4, -0.2) is 47.9 Å². The van der Waals surface area contributed by atoms with Crippen LogP contribution in [0.25, 0.3) is 0 Å². The smallest absolute Gasteiger partial charge is 0.249 e. The standard InChI is InChI=1S/C29H40N2O3/c1-4-28(32)30(23-26-15-7-5-8-16-26)19-11-13-21-34-22-14-12-20-31(29(33)25(2)3)24-27-17-9-6-10-18-27/h5-10,15-18H,2,4,11-14,19-24H2,1,3H3. The van der Waals surface area contributed by atoms with Crippen molar-refractivity contribution in [2.24, 2.45) is 0 Å². The average molecular weight is 465 g/mol. The summed E-state index contributed by atoms with van der Waals surface area (Å²) in [6.45, 7) is 11.6. The van der Waals surface area contributed by atoms with Gasteiger partial charge in [0.1, 0.15) is 0 Å². The Morgan fingerprint density at radius 1 is 0.765 bits per heavy atom. The average Bonchev–Trinajstić information content (AvgIpc) is 2.86. The van der Waals surface area contributed by atoms with Crippen LogP contribution in [0.1, 0.15) is 57.1 Å². The lowest BCUT2D eigenvalue weighted by Crippen LogP contribution is -2.32. The predicted octanol–water partition coefficient (Wildman–Crippen LogP) is 5.61. The van der Waals surface area contributed by atoms with Gasteiger partial charge in [-0.2, -0.15) is 0 Å². The molecule has 2 aromatic rings. The Morgan fingerprint density at radius 3 is 1.71 bits per heavy atom. The van der Waals surface area contributed by atoms with E-state index in [-0.39, 0.29) is 11.8 Å². The van der Waals surface area contributed by atoms with Crippen molar-refractivity contribution in [1.82, 2.24) is 9.80 Å². The van der Waals surface area contributed by atoms with E-state index in [1.807, 2.05) is 65.3 Å². The molecule has 184 valence electrons. The van der Waals surface area contributed by atoms with E-state index in [2.05, 4.69) is 18.7 Å². The number of hydrogen-bond acceptors (Lipinski definition) is 3. The first-order valence-electron chi connectivity index (χ1n) is 12.4. The van der Waals surface area contributed by atoms with Crippen molar-refractivity contribution < 1.29 is 14.3 Å².